The third-order valence-electron chi connectivity index (χ3n) is 6.70. The monoisotopic (exact) mass is 426 g/mol. The number of amides is 2. The van der Waals surface area contributed by atoms with Crippen LogP contribution in [0.3, 0.4) is 0 Å². The van der Waals surface area contributed by atoms with Crippen molar-refractivity contribution in [3.05, 3.63) is 59.9 Å². The molecule has 1 aromatic heterocycles. The summed E-state index contributed by atoms with van der Waals surface area (Å²) in [6.45, 7) is 1.14. The molecule has 1 atom stereocenters. The van der Waals surface area contributed by atoms with Gasteiger partial charge in [-0.2, -0.15) is 4.31 Å². The number of likely N-dealkylation sites (tertiary alicyclic amines) is 1. The molecule has 1 aromatic carbocycles. The lowest BCUT2D eigenvalue weighted by Gasteiger charge is -2.34. The van der Waals surface area contributed by atoms with Gasteiger partial charge in [0.25, 0.3) is 0 Å². The number of aromatic nitrogens is 1. The van der Waals surface area contributed by atoms with Crippen molar-refractivity contribution in [3.63, 3.8) is 0 Å². The molecule has 0 bridgehead atoms. The zero-order chi connectivity index (χ0) is 20.8. The number of hydrogen-bond donors (Lipinski definition) is 1. The second kappa shape index (κ2) is 7.35. The van der Waals surface area contributed by atoms with Gasteiger partial charge in [0.05, 0.1) is 10.4 Å². The van der Waals surface area contributed by atoms with E-state index in [0.717, 1.165) is 36.8 Å². The predicted octanol–water partition coefficient (Wildman–Crippen LogP) is 2.84. The first-order valence-corrected chi connectivity index (χ1v) is 12.0. The number of benzene rings is 1. The maximum Gasteiger partial charge on any atom is 0.317 e. The van der Waals surface area contributed by atoms with E-state index >= 15 is 0 Å². The van der Waals surface area contributed by atoms with Crippen LogP contribution in [0.15, 0.2) is 53.7 Å². The quantitative estimate of drug-likeness (QED) is 0.818. The molecular formula is C22H26N4O3S. The van der Waals surface area contributed by atoms with Crippen LogP contribution in [-0.2, 0) is 22.1 Å². The Morgan fingerprint density at radius 1 is 1.17 bits per heavy atom. The maximum atomic E-state index is 13.5. The van der Waals surface area contributed by atoms with Crippen LogP contribution in [0.4, 0.5) is 4.79 Å². The van der Waals surface area contributed by atoms with Gasteiger partial charge in [-0.25, -0.2) is 13.2 Å². The highest BCUT2D eigenvalue weighted by Gasteiger charge is 2.57. The molecule has 1 saturated carbocycles. The van der Waals surface area contributed by atoms with Crippen molar-refractivity contribution in [2.75, 3.05) is 13.1 Å². The lowest BCUT2D eigenvalue weighted by molar-refractivity contribution is 0.176. The van der Waals surface area contributed by atoms with Crippen LogP contribution in [0, 0.1) is 0 Å². The van der Waals surface area contributed by atoms with Crippen LogP contribution in [0.2, 0.25) is 0 Å². The van der Waals surface area contributed by atoms with Gasteiger partial charge in [-0.1, -0.05) is 37.1 Å². The van der Waals surface area contributed by atoms with E-state index in [-0.39, 0.29) is 18.6 Å². The first-order chi connectivity index (χ1) is 14.5. The third-order valence-corrected chi connectivity index (χ3v) is 8.67. The average Bonchev–Trinajstić information content (AvgIpc) is 3.46. The van der Waals surface area contributed by atoms with E-state index in [4.69, 9.17) is 0 Å². The molecule has 2 aromatic rings. The lowest BCUT2D eigenvalue weighted by atomic mass is 9.88. The van der Waals surface area contributed by atoms with Gasteiger partial charge in [0.1, 0.15) is 0 Å². The Balaban J connectivity index is 1.48. The van der Waals surface area contributed by atoms with Gasteiger partial charge in [0, 0.05) is 38.1 Å². The molecule has 2 fully saturated rings. The summed E-state index contributed by atoms with van der Waals surface area (Å²) in [6, 6.07) is 11.1. The highest BCUT2D eigenvalue weighted by molar-refractivity contribution is 7.89. The predicted molar refractivity (Wildman–Crippen MR) is 112 cm³/mol. The standard InChI is InChI=1S/C22H26N4O3S/c27-21(24-18-7-1-2-8-18)25-13-11-22(16-25)19-9-3-4-10-20(19)30(28,29)26(22)15-17-6-5-12-23-14-17/h3-6,9-10,12,14,18H,1-2,7-8,11,13,15-16H2,(H,24,27)/t22-/m1/s1. The maximum absolute atomic E-state index is 13.5. The lowest BCUT2D eigenvalue weighted by Crippen LogP contribution is -2.48. The number of carbonyl (C=O) groups excluding carboxylic acids is 1. The summed E-state index contributed by atoms with van der Waals surface area (Å²) in [5.74, 6) is 0. The Kier molecular flexibility index (Phi) is 4.78. The van der Waals surface area contributed by atoms with Crippen molar-refractivity contribution in [2.45, 2.75) is 55.1 Å². The summed E-state index contributed by atoms with van der Waals surface area (Å²) in [6.07, 6.45) is 8.31. The summed E-state index contributed by atoms with van der Waals surface area (Å²) >= 11 is 0. The summed E-state index contributed by atoms with van der Waals surface area (Å²) in [5, 5.41) is 3.15. The molecule has 158 valence electrons. The zero-order valence-electron chi connectivity index (χ0n) is 16.8. The Hall–Kier alpha value is -2.45. The minimum Gasteiger partial charge on any atom is -0.335 e. The molecule has 5 rings (SSSR count). The molecule has 1 aliphatic carbocycles. The topological polar surface area (TPSA) is 82.6 Å². The fourth-order valence-electron chi connectivity index (χ4n) is 5.18. The summed E-state index contributed by atoms with van der Waals surface area (Å²) in [7, 11) is -3.66. The molecule has 3 aliphatic rings. The minimum absolute atomic E-state index is 0.0816. The first-order valence-electron chi connectivity index (χ1n) is 10.6. The molecule has 8 heteroatoms. The minimum atomic E-state index is -3.66. The van der Waals surface area contributed by atoms with Crippen LogP contribution >= 0.6 is 0 Å². The molecule has 0 radical (unpaired) electrons. The van der Waals surface area contributed by atoms with Gasteiger partial charge >= 0.3 is 6.03 Å². The number of pyridine rings is 1. The SMILES string of the molecule is O=C(NC1CCCC1)N1CC[C@@]2(C1)c1ccccc1S(=O)(=O)N2Cc1cccnc1. The van der Waals surface area contributed by atoms with Gasteiger partial charge in [-0.3, -0.25) is 4.98 Å². The summed E-state index contributed by atoms with van der Waals surface area (Å²) < 4.78 is 28.6. The molecule has 1 saturated heterocycles. The normalized spacial score (nSPS) is 25.7. The second-order valence-electron chi connectivity index (χ2n) is 8.50. The van der Waals surface area contributed by atoms with E-state index in [0.29, 0.717) is 24.4 Å². The van der Waals surface area contributed by atoms with Crippen molar-refractivity contribution >= 4 is 16.1 Å². The third kappa shape index (κ3) is 3.09. The fourth-order valence-corrected chi connectivity index (χ4v) is 7.23. The molecule has 0 unspecified atom stereocenters. The number of nitrogens with one attached hydrogen (secondary N) is 1. The molecule has 2 amide bonds. The van der Waals surface area contributed by atoms with Crippen LogP contribution in [0.25, 0.3) is 0 Å². The number of nitrogens with zero attached hydrogens (tertiary/aromatic N) is 3. The Bertz CT molecular complexity index is 1050. The van der Waals surface area contributed by atoms with Gasteiger partial charge in [-0.15, -0.1) is 0 Å². The molecule has 7 nitrogen and oxygen atoms in total. The highest BCUT2D eigenvalue weighted by atomic mass is 32.2. The molecular weight excluding hydrogens is 400 g/mol. The zero-order valence-corrected chi connectivity index (χ0v) is 17.6. The van der Waals surface area contributed by atoms with Gasteiger partial charge in [-0.05, 0) is 42.5 Å². The number of hydrogen-bond acceptors (Lipinski definition) is 4. The smallest absolute Gasteiger partial charge is 0.317 e. The van der Waals surface area contributed by atoms with Gasteiger partial charge in [0.2, 0.25) is 10.0 Å². The van der Waals surface area contributed by atoms with Crippen LogP contribution < -0.4 is 5.32 Å². The number of fused-ring (bicyclic) bond motifs is 2. The van der Waals surface area contributed by atoms with E-state index in [1.807, 2.05) is 24.3 Å². The largest absolute Gasteiger partial charge is 0.335 e. The Labute approximate surface area is 177 Å². The van der Waals surface area contributed by atoms with Gasteiger partial charge in [0.15, 0.2) is 0 Å². The van der Waals surface area contributed by atoms with E-state index in [2.05, 4.69) is 10.3 Å². The Morgan fingerprint density at radius 3 is 2.73 bits per heavy atom. The van der Waals surface area contributed by atoms with Crippen molar-refractivity contribution in [1.82, 2.24) is 19.5 Å². The first kappa shape index (κ1) is 19.5. The second-order valence-corrected chi connectivity index (χ2v) is 10.3. The number of sulfonamides is 1. The van der Waals surface area contributed by atoms with E-state index in [1.165, 1.54) is 0 Å². The van der Waals surface area contributed by atoms with Gasteiger partial charge < -0.3 is 10.2 Å². The Morgan fingerprint density at radius 2 is 1.97 bits per heavy atom. The van der Waals surface area contributed by atoms with E-state index < -0.39 is 15.6 Å². The van der Waals surface area contributed by atoms with E-state index in [9.17, 15) is 13.2 Å². The molecule has 3 heterocycles. The summed E-state index contributed by atoms with van der Waals surface area (Å²) in [5.41, 5.74) is 0.894. The summed E-state index contributed by atoms with van der Waals surface area (Å²) in [4.78, 5) is 19.2. The van der Waals surface area contributed by atoms with Crippen molar-refractivity contribution < 1.29 is 13.2 Å². The fraction of sp³-hybridized carbons (Fsp3) is 0.455. The molecule has 2 aliphatic heterocycles. The van der Waals surface area contributed by atoms with Crippen LogP contribution in [0.1, 0.15) is 43.2 Å². The van der Waals surface area contributed by atoms with Crippen molar-refractivity contribution in [3.8, 4) is 0 Å². The highest BCUT2D eigenvalue weighted by Crippen LogP contribution is 2.50. The molecule has 1 N–H and O–H groups in total. The van der Waals surface area contributed by atoms with E-state index in [1.54, 1.807) is 33.7 Å². The van der Waals surface area contributed by atoms with Crippen LogP contribution in [-0.4, -0.2) is 47.8 Å². The molecule has 30 heavy (non-hydrogen) atoms. The number of carbonyl (C=O) groups is 1. The number of rotatable bonds is 3. The molecule has 1 spiro atoms. The average molecular weight is 427 g/mol. The van der Waals surface area contributed by atoms with Crippen LogP contribution in [0.5, 0.6) is 0 Å². The number of urea groups is 1. The van der Waals surface area contributed by atoms with Crippen molar-refractivity contribution in [1.29, 1.82) is 0 Å². The van der Waals surface area contributed by atoms with Crippen molar-refractivity contribution in [2.24, 2.45) is 0 Å².